The molecule has 3 heteroatoms. The van der Waals surface area contributed by atoms with Crippen LogP contribution in [0.5, 0.6) is 0 Å². The van der Waals surface area contributed by atoms with Gasteiger partial charge in [0, 0.05) is 31.7 Å². The zero-order valence-electron chi connectivity index (χ0n) is 11.2. The Morgan fingerprint density at radius 1 is 1.24 bits per heavy atom. The summed E-state index contributed by atoms with van der Waals surface area (Å²) in [7, 11) is 0. The van der Waals surface area contributed by atoms with Crippen molar-refractivity contribution in [3.05, 3.63) is 0 Å². The predicted molar refractivity (Wildman–Crippen MR) is 71.0 cm³/mol. The molecule has 0 aromatic heterocycles. The Morgan fingerprint density at radius 3 is 2.71 bits per heavy atom. The van der Waals surface area contributed by atoms with E-state index in [1.54, 1.807) is 0 Å². The summed E-state index contributed by atoms with van der Waals surface area (Å²) in [4.78, 5) is 5.44. The van der Waals surface area contributed by atoms with Gasteiger partial charge < -0.3 is 5.73 Å². The molecule has 0 aromatic carbocycles. The predicted octanol–water partition coefficient (Wildman–Crippen LogP) is 1.28. The van der Waals surface area contributed by atoms with Gasteiger partial charge in [-0.3, -0.25) is 9.80 Å². The maximum atomic E-state index is 6.00. The van der Waals surface area contributed by atoms with E-state index in [4.69, 9.17) is 5.73 Å². The highest BCUT2D eigenvalue weighted by atomic mass is 15.3. The zero-order valence-corrected chi connectivity index (χ0v) is 11.2. The normalized spacial score (nSPS) is 37.8. The number of hydrogen-bond acceptors (Lipinski definition) is 3. The zero-order chi connectivity index (χ0) is 11.9. The van der Waals surface area contributed by atoms with E-state index in [1.165, 1.54) is 58.3 Å². The topological polar surface area (TPSA) is 32.5 Å². The van der Waals surface area contributed by atoms with E-state index in [0.29, 0.717) is 5.41 Å². The molecule has 98 valence electrons. The SMILES string of the molecule is CC1CN2CCCC2CN1CC1(CN)CCC1. The smallest absolute Gasteiger partial charge is 0.0224 e. The third kappa shape index (κ3) is 2.13. The van der Waals surface area contributed by atoms with E-state index < -0.39 is 0 Å². The number of fused-ring (bicyclic) bond motifs is 1. The van der Waals surface area contributed by atoms with Crippen molar-refractivity contribution in [3.63, 3.8) is 0 Å². The number of rotatable bonds is 3. The quantitative estimate of drug-likeness (QED) is 0.803. The van der Waals surface area contributed by atoms with Gasteiger partial charge in [-0.05, 0) is 51.1 Å². The van der Waals surface area contributed by atoms with Gasteiger partial charge in [0.15, 0.2) is 0 Å². The number of hydrogen-bond donors (Lipinski definition) is 1. The number of nitrogens with zero attached hydrogens (tertiary/aromatic N) is 2. The molecule has 17 heavy (non-hydrogen) atoms. The van der Waals surface area contributed by atoms with E-state index >= 15 is 0 Å². The Balaban J connectivity index is 1.62. The van der Waals surface area contributed by atoms with Crippen LogP contribution in [0.4, 0.5) is 0 Å². The maximum absolute atomic E-state index is 6.00. The molecule has 0 aromatic rings. The lowest BCUT2D eigenvalue weighted by Gasteiger charge is -2.50. The summed E-state index contributed by atoms with van der Waals surface area (Å²) in [5.41, 5.74) is 6.48. The number of nitrogens with two attached hydrogens (primary N) is 1. The van der Waals surface area contributed by atoms with Crippen molar-refractivity contribution in [2.24, 2.45) is 11.1 Å². The molecule has 3 nitrogen and oxygen atoms in total. The average molecular weight is 237 g/mol. The standard InChI is InChI=1S/C14H27N3/c1-12-8-16-7-2-4-13(16)9-17(12)11-14(10-15)5-3-6-14/h12-13H,2-11,15H2,1H3. The summed E-state index contributed by atoms with van der Waals surface area (Å²) >= 11 is 0. The number of piperazine rings is 1. The fourth-order valence-electron chi connectivity index (χ4n) is 4.00. The largest absolute Gasteiger partial charge is 0.330 e. The molecule has 1 saturated carbocycles. The van der Waals surface area contributed by atoms with Crippen molar-refractivity contribution in [2.45, 2.75) is 51.1 Å². The second-order valence-electron chi connectivity index (χ2n) is 6.63. The first kappa shape index (κ1) is 11.9. The Kier molecular flexibility index (Phi) is 3.18. The van der Waals surface area contributed by atoms with Crippen LogP contribution in [0.3, 0.4) is 0 Å². The highest BCUT2D eigenvalue weighted by Gasteiger charge is 2.41. The van der Waals surface area contributed by atoms with Crippen LogP contribution in [0.1, 0.15) is 39.0 Å². The van der Waals surface area contributed by atoms with Crippen LogP contribution in [0.2, 0.25) is 0 Å². The van der Waals surface area contributed by atoms with Crippen LogP contribution in [0.15, 0.2) is 0 Å². The van der Waals surface area contributed by atoms with Crippen LogP contribution < -0.4 is 5.73 Å². The van der Waals surface area contributed by atoms with Gasteiger partial charge >= 0.3 is 0 Å². The molecule has 2 aliphatic heterocycles. The molecule has 3 fully saturated rings. The van der Waals surface area contributed by atoms with Gasteiger partial charge in [0.25, 0.3) is 0 Å². The van der Waals surface area contributed by atoms with Gasteiger partial charge in [-0.25, -0.2) is 0 Å². The molecule has 0 bridgehead atoms. The van der Waals surface area contributed by atoms with Crippen LogP contribution in [0, 0.1) is 5.41 Å². The molecule has 2 N–H and O–H groups in total. The van der Waals surface area contributed by atoms with Gasteiger partial charge in [-0.15, -0.1) is 0 Å². The van der Waals surface area contributed by atoms with Crippen molar-refractivity contribution >= 4 is 0 Å². The Labute approximate surface area is 105 Å². The molecular weight excluding hydrogens is 210 g/mol. The van der Waals surface area contributed by atoms with Gasteiger partial charge in [-0.1, -0.05) is 6.42 Å². The fourth-order valence-corrected chi connectivity index (χ4v) is 4.00. The molecule has 0 spiro atoms. The third-order valence-electron chi connectivity index (χ3n) is 5.45. The van der Waals surface area contributed by atoms with E-state index in [1.807, 2.05) is 0 Å². The summed E-state index contributed by atoms with van der Waals surface area (Å²) in [6.45, 7) is 8.47. The highest BCUT2D eigenvalue weighted by molar-refractivity contribution is 4.96. The molecular formula is C14H27N3. The van der Waals surface area contributed by atoms with Crippen LogP contribution in [-0.4, -0.2) is 54.6 Å². The van der Waals surface area contributed by atoms with Gasteiger partial charge in [0.1, 0.15) is 0 Å². The minimum Gasteiger partial charge on any atom is -0.330 e. The van der Waals surface area contributed by atoms with Gasteiger partial charge in [0.2, 0.25) is 0 Å². The molecule has 0 radical (unpaired) electrons. The van der Waals surface area contributed by atoms with Crippen LogP contribution >= 0.6 is 0 Å². The first-order valence-electron chi connectivity index (χ1n) is 7.41. The fraction of sp³-hybridized carbons (Fsp3) is 1.00. The lowest BCUT2D eigenvalue weighted by Crippen LogP contribution is -2.59. The molecule has 2 saturated heterocycles. The summed E-state index contributed by atoms with van der Waals surface area (Å²) in [6.07, 6.45) is 6.95. The monoisotopic (exact) mass is 237 g/mol. The Morgan fingerprint density at radius 2 is 2.06 bits per heavy atom. The van der Waals surface area contributed by atoms with Crippen molar-refractivity contribution in [1.82, 2.24) is 9.80 Å². The first-order chi connectivity index (χ1) is 8.22. The third-order valence-corrected chi connectivity index (χ3v) is 5.45. The van der Waals surface area contributed by atoms with E-state index in [9.17, 15) is 0 Å². The van der Waals surface area contributed by atoms with Crippen molar-refractivity contribution in [2.75, 3.05) is 32.7 Å². The van der Waals surface area contributed by atoms with Crippen LogP contribution in [-0.2, 0) is 0 Å². The van der Waals surface area contributed by atoms with Crippen molar-refractivity contribution in [1.29, 1.82) is 0 Å². The molecule has 2 atom stereocenters. The second kappa shape index (κ2) is 4.52. The van der Waals surface area contributed by atoms with Gasteiger partial charge in [-0.2, -0.15) is 0 Å². The maximum Gasteiger partial charge on any atom is 0.0224 e. The minimum atomic E-state index is 0.481. The van der Waals surface area contributed by atoms with E-state index in [-0.39, 0.29) is 0 Å². The Bertz CT molecular complexity index is 269. The summed E-state index contributed by atoms with van der Waals surface area (Å²) in [5, 5.41) is 0. The average Bonchev–Trinajstić information content (AvgIpc) is 2.70. The summed E-state index contributed by atoms with van der Waals surface area (Å²) in [5.74, 6) is 0. The Hall–Kier alpha value is -0.120. The molecule has 3 aliphatic rings. The lowest BCUT2D eigenvalue weighted by atomic mass is 9.68. The molecule has 0 amide bonds. The van der Waals surface area contributed by atoms with E-state index in [0.717, 1.165) is 18.6 Å². The molecule has 2 heterocycles. The second-order valence-corrected chi connectivity index (χ2v) is 6.63. The highest BCUT2D eigenvalue weighted by Crippen LogP contribution is 2.41. The van der Waals surface area contributed by atoms with Crippen molar-refractivity contribution < 1.29 is 0 Å². The van der Waals surface area contributed by atoms with Crippen molar-refractivity contribution in [3.8, 4) is 0 Å². The molecule has 1 aliphatic carbocycles. The van der Waals surface area contributed by atoms with Crippen LogP contribution in [0.25, 0.3) is 0 Å². The first-order valence-corrected chi connectivity index (χ1v) is 7.41. The lowest BCUT2D eigenvalue weighted by molar-refractivity contribution is 0.00101. The summed E-state index contributed by atoms with van der Waals surface area (Å²) < 4.78 is 0. The molecule has 2 unspecified atom stereocenters. The van der Waals surface area contributed by atoms with Gasteiger partial charge in [0.05, 0.1) is 0 Å². The molecule has 3 rings (SSSR count). The minimum absolute atomic E-state index is 0.481. The van der Waals surface area contributed by atoms with E-state index in [2.05, 4.69) is 16.7 Å². The summed E-state index contributed by atoms with van der Waals surface area (Å²) in [6, 6.07) is 1.58.